The highest BCUT2D eigenvalue weighted by Crippen LogP contribution is 2.13. The minimum absolute atomic E-state index is 0.165. The Hall–Kier alpha value is -4.69. The van der Waals surface area contributed by atoms with Crippen molar-refractivity contribution in [2.45, 2.75) is 30.2 Å². The fraction of sp³-hybridized carbons (Fsp3) is 0.231. The maximum Gasteiger partial charge on any atom is 0.328 e. The van der Waals surface area contributed by atoms with Crippen LogP contribution < -0.4 is 16.1 Å². The van der Waals surface area contributed by atoms with Crippen molar-refractivity contribution in [1.29, 1.82) is 0 Å². The summed E-state index contributed by atoms with van der Waals surface area (Å²) in [5.74, 6) is -1.12. The fourth-order valence-electron chi connectivity index (χ4n) is 3.49. The lowest BCUT2D eigenvalue weighted by Gasteiger charge is -2.16. The summed E-state index contributed by atoms with van der Waals surface area (Å²) in [4.78, 5) is 44.7. The molecule has 0 saturated heterocycles. The molecule has 2 aromatic heterocycles. The van der Waals surface area contributed by atoms with Crippen LogP contribution in [0.3, 0.4) is 0 Å². The Morgan fingerprint density at radius 3 is 2.48 bits per heavy atom. The van der Waals surface area contributed by atoms with Gasteiger partial charge in [0, 0.05) is 30.7 Å². The third-order valence-electron chi connectivity index (χ3n) is 5.53. The van der Waals surface area contributed by atoms with Crippen LogP contribution in [-0.4, -0.2) is 66.6 Å². The molecule has 2 heterocycles. The molecule has 4 N–H and O–H groups in total. The number of hydrogen-bond donors (Lipinski definition) is 4. The first-order valence-corrected chi connectivity index (χ1v) is 13.5. The van der Waals surface area contributed by atoms with Crippen LogP contribution >= 0.6 is 0 Å². The van der Waals surface area contributed by atoms with Crippen LogP contribution in [0.15, 0.2) is 77.1 Å². The fourth-order valence-corrected chi connectivity index (χ4v) is 4.16. The van der Waals surface area contributed by atoms with E-state index >= 15 is 0 Å². The van der Waals surface area contributed by atoms with Gasteiger partial charge in [0.2, 0.25) is 0 Å². The van der Waals surface area contributed by atoms with Gasteiger partial charge in [0.1, 0.15) is 16.8 Å². The van der Waals surface area contributed by atoms with Gasteiger partial charge in [-0.1, -0.05) is 18.2 Å². The zero-order valence-electron chi connectivity index (χ0n) is 21.5. The van der Waals surface area contributed by atoms with Gasteiger partial charge in [0.25, 0.3) is 21.9 Å². The maximum atomic E-state index is 12.7. The van der Waals surface area contributed by atoms with Crippen molar-refractivity contribution < 1.29 is 32.1 Å². The first kappa shape index (κ1) is 29.9. The van der Waals surface area contributed by atoms with E-state index in [2.05, 4.69) is 31.1 Å². The molecule has 0 saturated carbocycles. The Bertz CT molecular complexity index is 1450. The van der Waals surface area contributed by atoms with Gasteiger partial charge < -0.3 is 15.4 Å². The molecule has 2 amide bonds. The molecule has 0 aliphatic rings. The van der Waals surface area contributed by atoms with Crippen molar-refractivity contribution >= 4 is 39.9 Å². The summed E-state index contributed by atoms with van der Waals surface area (Å²) in [6, 6.07) is 11.1. The minimum Gasteiger partial charge on any atom is -0.467 e. The zero-order chi connectivity index (χ0) is 29.0. The highest BCUT2D eigenvalue weighted by atomic mass is 32.2. The second kappa shape index (κ2) is 14.5. The van der Waals surface area contributed by atoms with Gasteiger partial charge in [0.05, 0.1) is 24.5 Å². The minimum atomic E-state index is -4.42. The smallest absolute Gasteiger partial charge is 0.328 e. The van der Waals surface area contributed by atoms with Crippen molar-refractivity contribution in [3.8, 4) is 0 Å². The average Bonchev–Trinajstić information content (AvgIpc) is 2.96. The number of aromatic nitrogens is 2. The van der Waals surface area contributed by atoms with Gasteiger partial charge in [0.15, 0.2) is 0 Å². The Morgan fingerprint density at radius 1 is 1.02 bits per heavy atom. The molecule has 3 aromatic rings. The molecular formula is C26H28N6O7S. The number of nitrogens with one attached hydrogen (secondary N) is 3. The van der Waals surface area contributed by atoms with E-state index in [1.807, 2.05) is 0 Å². The monoisotopic (exact) mass is 568 g/mol. The number of hydrogen-bond acceptors (Lipinski definition) is 10. The molecule has 0 spiro atoms. The number of nitrogens with zero attached hydrogens (tertiary/aromatic N) is 3. The third kappa shape index (κ3) is 8.96. The molecule has 13 nitrogen and oxygen atoms in total. The highest BCUT2D eigenvalue weighted by molar-refractivity contribution is 7.86. The summed E-state index contributed by atoms with van der Waals surface area (Å²) in [6.07, 6.45) is 6.94. The normalized spacial score (nSPS) is 11.9. The Balaban J connectivity index is 1.50. The van der Waals surface area contributed by atoms with Crippen LogP contribution in [0, 0.1) is 0 Å². The van der Waals surface area contributed by atoms with Gasteiger partial charge in [-0.3, -0.25) is 24.6 Å². The first-order chi connectivity index (χ1) is 19.2. The standard InChI is InChI=1S/C26H28N6O7S/c1-39-26(35)21(9-4-5-14-28-24(33)19-8-6-13-27-15-19)31-25(34)20-11-12-23(29-16-20)32-30-17-18-7-2-3-10-22(18)40(36,37)38/h2-3,6-8,10-13,15-17,21H,4-5,9,14H2,1H3,(H,28,33)(H,29,32)(H,31,34)(H,36,37,38). The molecule has 3 rings (SSSR count). The predicted octanol–water partition coefficient (Wildman–Crippen LogP) is 2.04. The molecule has 0 radical (unpaired) electrons. The molecule has 40 heavy (non-hydrogen) atoms. The molecule has 1 unspecified atom stereocenters. The topological polar surface area (TPSA) is 189 Å². The highest BCUT2D eigenvalue weighted by Gasteiger charge is 2.22. The molecule has 0 aliphatic heterocycles. The molecule has 1 atom stereocenters. The second-order valence-corrected chi connectivity index (χ2v) is 9.75. The van der Waals surface area contributed by atoms with E-state index in [1.54, 1.807) is 24.4 Å². The lowest BCUT2D eigenvalue weighted by Crippen LogP contribution is -2.41. The number of ether oxygens (including phenoxy) is 1. The molecule has 14 heteroatoms. The maximum absolute atomic E-state index is 12.7. The van der Waals surface area contributed by atoms with E-state index in [0.29, 0.717) is 31.4 Å². The van der Waals surface area contributed by atoms with Gasteiger partial charge >= 0.3 is 5.97 Å². The van der Waals surface area contributed by atoms with Crippen LogP contribution in [0.1, 0.15) is 45.5 Å². The Labute approximate surface area is 230 Å². The van der Waals surface area contributed by atoms with Crippen molar-refractivity contribution in [2.24, 2.45) is 5.10 Å². The van der Waals surface area contributed by atoms with E-state index in [9.17, 15) is 27.4 Å². The molecular weight excluding hydrogens is 540 g/mol. The van der Waals surface area contributed by atoms with Crippen molar-refractivity contribution in [2.75, 3.05) is 19.1 Å². The number of anilines is 1. The van der Waals surface area contributed by atoms with Gasteiger partial charge in [-0.2, -0.15) is 13.5 Å². The van der Waals surface area contributed by atoms with Gasteiger partial charge in [-0.05, 0) is 49.6 Å². The number of methoxy groups -OCH3 is 1. The van der Waals surface area contributed by atoms with Gasteiger partial charge in [-0.15, -0.1) is 0 Å². The molecule has 0 aliphatic carbocycles. The summed E-state index contributed by atoms with van der Waals surface area (Å²) in [5.41, 5.74) is 3.41. The summed E-state index contributed by atoms with van der Waals surface area (Å²) in [5, 5.41) is 9.33. The van der Waals surface area contributed by atoms with Crippen LogP contribution in [0.5, 0.6) is 0 Å². The Kier molecular flexibility index (Phi) is 10.8. The largest absolute Gasteiger partial charge is 0.467 e. The number of carbonyl (C=O) groups excluding carboxylic acids is 3. The van der Waals surface area contributed by atoms with E-state index in [4.69, 9.17) is 4.74 Å². The van der Waals surface area contributed by atoms with Crippen molar-refractivity contribution in [3.05, 3.63) is 83.8 Å². The Morgan fingerprint density at radius 2 is 1.80 bits per heavy atom. The number of benzene rings is 1. The quantitative estimate of drug-likeness (QED) is 0.0780. The predicted molar refractivity (Wildman–Crippen MR) is 145 cm³/mol. The molecule has 0 bridgehead atoms. The zero-order valence-corrected chi connectivity index (χ0v) is 22.3. The van der Waals surface area contributed by atoms with Crippen molar-refractivity contribution in [1.82, 2.24) is 20.6 Å². The lowest BCUT2D eigenvalue weighted by molar-refractivity contribution is -0.143. The summed E-state index contributed by atoms with van der Waals surface area (Å²) in [7, 11) is -3.19. The van der Waals surface area contributed by atoms with Crippen LogP contribution in [0.2, 0.25) is 0 Å². The van der Waals surface area contributed by atoms with Gasteiger partial charge in [-0.25, -0.2) is 9.78 Å². The molecule has 210 valence electrons. The van der Waals surface area contributed by atoms with E-state index < -0.39 is 28.0 Å². The number of esters is 1. The lowest BCUT2D eigenvalue weighted by atomic mass is 10.1. The first-order valence-electron chi connectivity index (χ1n) is 12.1. The van der Waals surface area contributed by atoms with E-state index in [1.165, 1.54) is 56.0 Å². The number of pyridine rings is 2. The third-order valence-corrected chi connectivity index (χ3v) is 6.45. The summed E-state index contributed by atoms with van der Waals surface area (Å²) in [6.45, 7) is 0.387. The molecule has 0 fully saturated rings. The number of hydrazone groups is 1. The summed E-state index contributed by atoms with van der Waals surface area (Å²) < 4.78 is 37.0. The number of rotatable bonds is 13. The van der Waals surface area contributed by atoms with Crippen LogP contribution in [0.25, 0.3) is 0 Å². The number of carbonyl (C=O) groups is 3. The number of unbranched alkanes of at least 4 members (excludes halogenated alkanes) is 1. The average molecular weight is 569 g/mol. The van der Waals surface area contributed by atoms with Crippen molar-refractivity contribution in [3.63, 3.8) is 0 Å². The second-order valence-electron chi connectivity index (χ2n) is 8.36. The summed E-state index contributed by atoms with van der Waals surface area (Å²) >= 11 is 0. The van der Waals surface area contributed by atoms with E-state index in [-0.39, 0.29) is 27.7 Å². The SMILES string of the molecule is COC(=O)C(CCCCNC(=O)c1cccnc1)NC(=O)c1ccc(NN=Cc2ccccc2S(=O)(=O)O)nc1. The van der Waals surface area contributed by atoms with E-state index in [0.717, 1.165) is 0 Å². The van der Waals surface area contributed by atoms with Crippen LogP contribution in [0.4, 0.5) is 5.82 Å². The molecule has 1 aromatic carbocycles. The van der Waals surface area contributed by atoms with Crippen LogP contribution in [-0.2, 0) is 19.6 Å². The number of amides is 2.